The van der Waals surface area contributed by atoms with Crippen molar-refractivity contribution in [2.24, 2.45) is 5.41 Å². The number of carboxylic acids is 1. The molecule has 0 aromatic carbocycles. The van der Waals surface area contributed by atoms with Crippen molar-refractivity contribution in [2.45, 2.75) is 58.2 Å². The molecule has 1 aliphatic carbocycles. The zero-order valence-electron chi connectivity index (χ0n) is 14.1. The van der Waals surface area contributed by atoms with Gasteiger partial charge >= 0.3 is 18.1 Å². The molecule has 25 heavy (non-hydrogen) atoms. The van der Waals surface area contributed by atoms with Crippen LogP contribution >= 0.6 is 0 Å². The molecule has 0 amide bonds. The maximum absolute atomic E-state index is 13.3. The molecule has 6 nitrogen and oxygen atoms in total. The van der Waals surface area contributed by atoms with Crippen LogP contribution in [0.5, 0.6) is 0 Å². The first-order valence-corrected chi connectivity index (χ1v) is 8.21. The quantitative estimate of drug-likeness (QED) is 0.808. The molecule has 9 heteroatoms. The number of hydrogen-bond acceptors (Lipinski definition) is 4. The molecule has 0 aliphatic heterocycles. The number of carboxylic acid groups (broad SMARTS) is 1. The highest BCUT2D eigenvalue weighted by molar-refractivity contribution is 5.88. The number of rotatable bonds is 5. The average Bonchev–Trinajstić information content (AvgIpc) is 3.00. The lowest BCUT2D eigenvalue weighted by atomic mass is 9.70. The van der Waals surface area contributed by atoms with Gasteiger partial charge in [0.2, 0.25) is 0 Å². The summed E-state index contributed by atoms with van der Waals surface area (Å²) in [5.41, 5.74) is -2.79. The Bertz CT molecular complexity index is 646. The summed E-state index contributed by atoms with van der Waals surface area (Å²) in [6, 6.07) is -0.598. The predicted molar refractivity (Wildman–Crippen MR) is 81.1 cm³/mol. The minimum Gasteiger partial charge on any atom is -0.478 e. The van der Waals surface area contributed by atoms with Crippen LogP contribution in [0.3, 0.4) is 0 Å². The smallest absolute Gasteiger partial charge is 0.433 e. The van der Waals surface area contributed by atoms with E-state index in [4.69, 9.17) is 9.84 Å². The van der Waals surface area contributed by atoms with Crippen molar-refractivity contribution in [3.05, 3.63) is 17.5 Å². The third kappa shape index (κ3) is 3.64. The van der Waals surface area contributed by atoms with Gasteiger partial charge in [0.25, 0.3) is 0 Å². The molecule has 1 N–H and O–H groups in total. The lowest BCUT2D eigenvalue weighted by Gasteiger charge is -2.37. The standard InChI is InChI=1S/C16H21F3N2O4/c1-3-15(14(24)25-4-2)7-5-10(6-8-15)21-12(16(17,18)19)11(9-20-21)13(22)23/h9-10H,3-8H2,1-2H3,(H,22,23). The van der Waals surface area contributed by atoms with Crippen molar-refractivity contribution in [1.29, 1.82) is 0 Å². The fraction of sp³-hybridized carbons (Fsp3) is 0.688. The van der Waals surface area contributed by atoms with Crippen LogP contribution in [0.4, 0.5) is 13.2 Å². The van der Waals surface area contributed by atoms with Gasteiger partial charge in [-0.25, -0.2) is 4.79 Å². The molecule has 0 atom stereocenters. The van der Waals surface area contributed by atoms with Crippen molar-refractivity contribution in [3.8, 4) is 0 Å². The average molecular weight is 362 g/mol. The minimum atomic E-state index is -4.81. The van der Waals surface area contributed by atoms with Crippen LogP contribution in [0.1, 0.15) is 68.0 Å². The number of aromatic carboxylic acids is 1. The topological polar surface area (TPSA) is 81.4 Å². The van der Waals surface area contributed by atoms with Crippen LogP contribution in [-0.2, 0) is 15.7 Å². The van der Waals surface area contributed by atoms with Gasteiger partial charge in [-0.15, -0.1) is 0 Å². The summed E-state index contributed by atoms with van der Waals surface area (Å²) in [4.78, 5) is 23.3. The summed E-state index contributed by atoms with van der Waals surface area (Å²) in [5, 5.41) is 12.7. The van der Waals surface area contributed by atoms with Crippen LogP contribution in [0.25, 0.3) is 0 Å². The summed E-state index contributed by atoms with van der Waals surface area (Å²) < 4.78 is 45.8. The number of halogens is 3. The number of alkyl halides is 3. The van der Waals surface area contributed by atoms with Gasteiger partial charge in [0, 0.05) is 0 Å². The Balaban J connectivity index is 2.27. The number of nitrogens with zero attached hydrogens (tertiary/aromatic N) is 2. The second-order valence-corrected chi connectivity index (χ2v) is 6.24. The molecular weight excluding hydrogens is 341 g/mol. The number of hydrogen-bond donors (Lipinski definition) is 1. The van der Waals surface area contributed by atoms with E-state index in [1.165, 1.54) is 0 Å². The Morgan fingerprint density at radius 1 is 1.36 bits per heavy atom. The van der Waals surface area contributed by atoms with E-state index in [-0.39, 0.29) is 12.6 Å². The van der Waals surface area contributed by atoms with E-state index in [1.54, 1.807) is 6.92 Å². The van der Waals surface area contributed by atoms with E-state index >= 15 is 0 Å². The molecule has 0 unspecified atom stereocenters. The highest BCUT2D eigenvalue weighted by Gasteiger charge is 2.45. The van der Waals surface area contributed by atoms with Crippen LogP contribution in [-0.4, -0.2) is 33.4 Å². The molecule has 0 saturated heterocycles. The first-order valence-electron chi connectivity index (χ1n) is 8.21. The second kappa shape index (κ2) is 7.05. The van der Waals surface area contributed by atoms with Gasteiger partial charge in [0.05, 0.1) is 24.3 Å². The van der Waals surface area contributed by atoms with Crippen LogP contribution < -0.4 is 0 Å². The van der Waals surface area contributed by atoms with E-state index in [0.717, 1.165) is 10.9 Å². The second-order valence-electron chi connectivity index (χ2n) is 6.24. The molecule has 0 spiro atoms. The first-order chi connectivity index (χ1) is 11.7. The highest BCUT2D eigenvalue weighted by atomic mass is 19.4. The third-order valence-corrected chi connectivity index (χ3v) is 4.94. The van der Waals surface area contributed by atoms with Gasteiger partial charge in [-0.1, -0.05) is 6.92 Å². The Labute approximate surface area is 143 Å². The van der Waals surface area contributed by atoms with Gasteiger partial charge in [-0.2, -0.15) is 18.3 Å². The molecule has 1 heterocycles. The molecule has 1 saturated carbocycles. The molecule has 1 fully saturated rings. The third-order valence-electron chi connectivity index (χ3n) is 4.94. The number of ether oxygens (including phenoxy) is 1. The van der Waals surface area contributed by atoms with Crippen LogP contribution in [0.2, 0.25) is 0 Å². The Morgan fingerprint density at radius 3 is 2.40 bits per heavy atom. The van der Waals surface area contributed by atoms with E-state index in [2.05, 4.69) is 5.10 Å². The van der Waals surface area contributed by atoms with Crippen molar-refractivity contribution in [3.63, 3.8) is 0 Å². The molecule has 1 aromatic rings. The number of carbonyl (C=O) groups is 2. The van der Waals surface area contributed by atoms with Crippen LogP contribution in [0.15, 0.2) is 6.20 Å². The number of esters is 1. The van der Waals surface area contributed by atoms with Crippen molar-refractivity contribution in [1.82, 2.24) is 9.78 Å². The number of aromatic nitrogens is 2. The van der Waals surface area contributed by atoms with Gasteiger partial charge in [0.1, 0.15) is 5.56 Å². The summed E-state index contributed by atoms with van der Waals surface area (Å²) in [5.74, 6) is -1.98. The van der Waals surface area contributed by atoms with E-state index in [9.17, 15) is 22.8 Å². The van der Waals surface area contributed by atoms with Crippen molar-refractivity contribution in [2.75, 3.05) is 6.61 Å². The Kier molecular flexibility index (Phi) is 5.43. The minimum absolute atomic E-state index is 0.253. The molecule has 140 valence electrons. The maximum Gasteiger partial charge on any atom is 0.433 e. The molecule has 0 radical (unpaired) electrons. The Hall–Kier alpha value is -2.06. The van der Waals surface area contributed by atoms with Gasteiger partial charge in [-0.3, -0.25) is 9.48 Å². The maximum atomic E-state index is 13.3. The fourth-order valence-corrected chi connectivity index (χ4v) is 3.46. The summed E-state index contributed by atoms with van der Waals surface area (Å²) in [6.45, 7) is 3.82. The normalized spacial score (nSPS) is 24.1. The molecule has 0 bridgehead atoms. The zero-order chi connectivity index (χ0) is 18.8. The SMILES string of the molecule is CCOC(=O)C1(CC)CCC(n2ncc(C(=O)O)c2C(F)(F)F)CC1. The summed E-state index contributed by atoms with van der Waals surface area (Å²) in [6.07, 6.45) is -2.17. The van der Waals surface area contributed by atoms with Gasteiger partial charge in [0.15, 0.2) is 5.69 Å². The van der Waals surface area contributed by atoms with Crippen molar-refractivity contribution < 1.29 is 32.6 Å². The monoisotopic (exact) mass is 362 g/mol. The summed E-state index contributed by atoms with van der Waals surface area (Å²) >= 11 is 0. The lowest BCUT2D eigenvalue weighted by Crippen LogP contribution is -2.37. The van der Waals surface area contributed by atoms with E-state index in [0.29, 0.717) is 32.1 Å². The zero-order valence-corrected chi connectivity index (χ0v) is 14.1. The molecule has 1 aromatic heterocycles. The molecule has 2 rings (SSSR count). The largest absolute Gasteiger partial charge is 0.478 e. The van der Waals surface area contributed by atoms with Crippen molar-refractivity contribution >= 4 is 11.9 Å². The number of carbonyl (C=O) groups excluding carboxylic acids is 1. The lowest BCUT2D eigenvalue weighted by molar-refractivity contribution is -0.159. The van der Waals surface area contributed by atoms with E-state index < -0.39 is 34.9 Å². The van der Waals surface area contributed by atoms with Gasteiger partial charge in [-0.05, 0) is 39.0 Å². The fourth-order valence-electron chi connectivity index (χ4n) is 3.46. The molecular formula is C16H21F3N2O4. The predicted octanol–water partition coefficient (Wildman–Crippen LogP) is 3.67. The highest BCUT2D eigenvalue weighted by Crippen LogP contribution is 2.45. The summed E-state index contributed by atoms with van der Waals surface area (Å²) in [7, 11) is 0. The van der Waals surface area contributed by atoms with E-state index in [1.807, 2.05) is 6.92 Å². The molecule has 1 aliphatic rings. The Morgan fingerprint density at radius 2 is 1.96 bits per heavy atom. The van der Waals surface area contributed by atoms with Gasteiger partial charge < -0.3 is 9.84 Å². The van der Waals surface area contributed by atoms with Crippen LogP contribution in [0, 0.1) is 5.41 Å². The first kappa shape index (κ1) is 19.3.